The quantitative estimate of drug-likeness (QED) is 0.903. The van der Waals surface area contributed by atoms with Gasteiger partial charge in [-0.1, -0.05) is 6.07 Å². The number of rotatable bonds is 4. The summed E-state index contributed by atoms with van der Waals surface area (Å²) in [5, 5.41) is 3.24. The third kappa shape index (κ3) is 2.93. The molecule has 1 aromatic heterocycles. The number of anilines is 1. The Morgan fingerprint density at radius 2 is 1.90 bits per heavy atom. The highest BCUT2D eigenvalue weighted by atomic mass is 16.5. The molecule has 2 aromatic rings. The van der Waals surface area contributed by atoms with Crippen LogP contribution < -0.4 is 10.1 Å². The second-order valence-corrected chi connectivity index (χ2v) is 5.18. The molecule has 0 radical (unpaired) electrons. The molecule has 1 heterocycles. The normalized spacial score (nSPS) is 13.7. The predicted molar refractivity (Wildman–Crippen MR) is 81.6 cm³/mol. The van der Waals surface area contributed by atoms with Crippen molar-refractivity contribution in [3.63, 3.8) is 0 Å². The van der Waals surface area contributed by atoms with Gasteiger partial charge in [-0.2, -0.15) is 0 Å². The van der Waals surface area contributed by atoms with Crippen LogP contribution in [0, 0.1) is 0 Å². The molecule has 1 N–H and O–H groups in total. The van der Waals surface area contributed by atoms with Gasteiger partial charge in [0.05, 0.1) is 18.1 Å². The zero-order valence-corrected chi connectivity index (χ0v) is 11.9. The SMILES string of the molecule is CCNc1cncc(Oc2ccc3c(c2)CCCC3)c1. The molecular formula is C17H20N2O. The van der Waals surface area contributed by atoms with Gasteiger partial charge < -0.3 is 10.1 Å². The summed E-state index contributed by atoms with van der Waals surface area (Å²) in [6.45, 7) is 2.95. The van der Waals surface area contributed by atoms with Crippen molar-refractivity contribution < 1.29 is 4.74 Å². The van der Waals surface area contributed by atoms with E-state index in [1.165, 1.54) is 36.8 Å². The van der Waals surface area contributed by atoms with Crippen LogP contribution in [0.4, 0.5) is 5.69 Å². The minimum Gasteiger partial charge on any atom is -0.456 e. The number of hydrogen-bond acceptors (Lipinski definition) is 3. The summed E-state index contributed by atoms with van der Waals surface area (Å²) in [4.78, 5) is 4.20. The molecular weight excluding hydrogens is 248 g/mol. The predicted octanol–water partition coefficient (Wildman–Crippen LogP) is 4.18. The van der Waals surface area contributed by atoms with Crippen molar-refractivity contribution in [2.75, 3.05) is 11.9 Å². The van der Waals surface area contributed by atoms with Gasteiger partial charge in [0, 0.05) is 12.6 Å². The first-order chi connectivity index (χ1) is 9.85. The van der Waals surface area contributed by atoms with E-state index in [0.29, 0.717) is 0 Å². The fourth-order valence-electron chi connectivity index (χ4n) is 2.68. The number of pyridine rings is 1. The third-order valence-electron chi connectivity index (χ3n) is 3.65. The van der Waals surface area contributed by atoms with Crippen LogP contribution in [0.5, 0.6) is 11.5 Å². The fraction of sp³-hybridized carbons (Fsp3) is 0.353. The van der Waals surface area contributed by atoms with E-state index < -0.39 is 0 Å². The summed E-state index contributed by atoms with van der Waals surface area (Å²) < 4.78 is 5.93. The van der Waals surface area contributed by atoms with Crippen LogP contribution in [0.2, 0.25) is 0 Å². The molecule has 0 saturated heterocycles. The summed E-state index contributed by atoms with van der Waals surface area (Å²) >= 11 is 0. The number of ether oxygens (including phenoxy) is 1. The van der Waals surface area contributed by atoms with Crippen molar-refractivity contribution in [3.8, 4) is 11.5 Å². The monoisotopic (exact) mass is 268 g/mol. The molecule has 1 aliphatic rings. The van der Waals surface area contributed by atoms with E-state index in [-0.39, 0.29) is 0 Å². The molecule has 0 amide bonds. The van der Waals surface area contributed by atoms with Crippen molar-refractivity contribution in [3.05, 3.63) is 47.8 Å². The van der Waals surface area contributed by atoms with Crippen LogP contribution >= 0.6 is 0 Å². The van der Waals surface area contributed by atoms with Gasteiger partial charge in [0.1, 0.15) is 11.5 Å². The molecule has 3 rings (SSSR count). The first-order valence-corrected chi connectivity index (χ1v) is 7.34. The van der Waals surface area contributed by atoms with Crippen molar-refractivity contribution in [2.45, 2.75) is 32.6 Å². The van der Waals surface area contributed by atoms with Gasteiger partial charge in [-0.3, -0.25) is 4.98 Å². The maximum atomic E-state index is 5.93. The van der Waals surface area contributed by atoms with Crippen LogP contribution in [0.25, 0.3) is 0 Å². The van der Waals surface area contributed by atoms with E-state index in [1.54, 1.807) is 6.20 Å². The molecule has 1 aromatic carbocycles. The molecule has 104 valence electrons. The van der Waals surface area contributed by atoms with Crippen molar-refractivity contribution in [1.82, 2.24) is 4.98 Å². The number of nitrogens with one attached hydrogen (secondary N) is 1. The Morgan fingerprint density at radius 1 is 1.05 bits per heavy atom. The average Bonchev–Trinajstić information content (AvgIpc) is 2.48. The lowest BCUT2D eigenvalue weighted by Crippen LogP contribution is -2.02. The molecule has 0 aliphatic heterocycles. The summed E-state index contributed by atoms with van der Waals surface area (Å²) in [5.41, 5.74) is 3.90. The Labute approximate surface area is 120 Å². The molecule has 3 heteroatoms. The minimum absolute atomic E-state index is 0.777. The van der Waals surface area contributed by atoms with Crippen LogP contribution in [-0.2, 0) is 12.8 Å². The second kappa shape index (κ2) is 5.95. The van der Waals surface area contributed by atoms with Gasteiger partial charge in [-0.05, 0) is 55.9 Å². The molecule has 0 unspecified atom stereocenters. The Kier molecular flexibility index (Phi) is 3.86. The van der Waals surface area contributed by atoms with Crippen LogP contribution in [-0.4, -0.2) is 11.5 Å². The number of benzene rings is 1. The Balaban J connectivity index is 1.78. The number of aryl methyl sites for hydroxylation is 2. The number of nitrogens with zero attached hydrogens (tertiary/aromatic N) is 1. The lowest BCUT2D eigenvalue weighted by molar-refractivity contribution is 0.478. The maximum Gasteiger partial charge on any atom is 0.147 e. The van der Waals surface area contributed by atoms with Crippen LogP contribution in [0.3, 0.4) is 0 Å². The molecule has 0 spiro atoms. The molecule has 1 aliphatic carbocycles. The zero-order valence-electron chi connectivity index (χ0n) is 11.9. The number of fused-ring (bicyclic) bond motifs is 1. The van der Waals surface area contributed by atoms with E-state index in [9.17, 15) is 0 Å². The standard InChI is InChI=1S/C17H20N2O/c1-2-19-15-10-17(12-18-11-15)20-16-8-7-13-5-3-4-6-14(13)9-16/h7-12,19H,2-6H2,1H3. The first-order valence-electron chi connectivity index (χ1n) is 7.34. The van der Waals surface area contributed by atoms with Crippen molar-refractivity contribution in [2.24, 2.45) is 0 Å². The lowest BCUT2D eigenvalue weighted by atomic mass is 9.92. The zero-order chi connectivity index (χ0) is 13.8. The van der Waals surface area contributed by atoms with E-state index >= 15 is 0 Å². The summed E-state index contributed by atoms with van der Waals surface area (Å²) in [6.07, 6.45) is 8.52. The van der Waals surface area contributed by atoms with E-state index in [4.69, 9.17) is 4.74 Å². The fourth-order valence-corrected chi connectivity index (χ4v) is 2.68. The minimum atomic E-state index is 0.777. The van der Waals surface area contributed by atoms with Crippen LogP contribution in [0.1, 0.15) is 30.9 Å². The smallest absolute Gasteiger partial charge is 0.147 e. The van der Waals surface area contributed by atoms with Crippen LogP contribution in [0.15, 0.2) is 36.7 Å². The highest BCUT2D eigenvalue weighted by Gasteiger charge is 2.10. The number of aromatic nitrogens is 1. The highest BCUT2D eigenvalue weighted by Crippen LogP contribution is 2.28. The van der Waals surface area contributed by atoms with Gasteiger partial charge in [-0.25, -0.2) is 0 Å². The Morgan fingerprint density at radius 3 is 2.75 bits per heavy atom. The summed E-state index contributed by atoms with van der Waals surface area (Å²) in [5.74, 6) is 1.68. The topological polar surface area (TPSA) is 34.2 Å². The largest absolute Gasteiger partial charge is 0.456 e. The summed E-state index contributed by atoms with van der Waals surface area (Å²) in [7, 11) is 0. The Hall–Kier alpha value is -2.03. The van der Waals surface area contributed by atoms with Gasteiger partial charge in [0.15, 0.2) is 0 Å². The molecule has 0 bridgehead atoms. The van der Waals surface area contributed by atoms with Gasteiger partial charge in [0.2, 0.25) is 0 Å². The molecule has 0 atom stereocenters. The van der Waals surface area contributed by atoms with Gasteiger partial charge in [0.25, 0.3) is 0 Å². The maximum absolute atomic E-state index is 5.93. The van der Waals surface area contributed by atoms with Gasteiger partial charge in [-0.15, -0.1) is 0 Å². The molecule has 0 fully saturated rings. The number of hydrogen-bond donors (Lipinski definition) is 1. The van der Waals surface area contributed by atoms with E-state index in [0.717, 1.165) is 23.7 Å². The second-order valence-electron chi connectivity index (χ2n) is 5.18. The molecule has 3 nitrogen and oxygen atoms in total. The Bertz CT molecular complexity index is 595. The third-order valence-corrected chi connectivity index (χ3v) is 3.65. The van der Waals surface area contributed by atoms with E-state index in [1.807, 2.05) is 12.3 Å². The molecule has 20 heavy (non-hydrogen) atoms. The van der Waals surface area contributed by atoms with Gasteiger partial charge >= 0.3 is 0 Å². The van der Waals surface area contributed by atoms with Crippen molar-refractivity contribution in [1.29, 1.82) is 0 Å². The average molecular weight is 268 g/mol. The first kappa shape index (κ1) is 13.0. The van der Waals surface area contributed by atoms with E-state index in [2.05, 4.69) is 35.4 Å². The summed E-state index contributed by atoms with van der Waals surface area (Å²) in [6, 6.07) is 8.42. The highest BCUT2D eigenvalue weighted by molar-refractivity contribution is 5.47. The molecule has 0 saturated carbocycles. The van der Waals surface area contributed by atoms with Crippen molar-refractivity contribution >= 4 is 5.69 Å². The lowest BCUT2D eigenvalue weighted by Gasteiger charge is -2.16.